The van der Waals surface area contributed by atoms with Crippen LogP contribution >= 0.6 is 0 Å². The van der Waals surface area contributed by atoms with Crippen LogP contribution in [0.4, 0.5) is 0 Å². The van der Waals surface area contributed by atoms with Gasteiger partial charge in [0.2, 0.25) is 0 Å². The van der Waals surface area contributed by atoms with Gasteiger partial charge in [-0.1, -0.05) is 27.7 Å². The van der Waals surface area contributed by atoms with Gasteiger partial charge in [0.25, 0.3) is 0 Å². The van der Waals surface area contributed by atoms with Crippen molar-refractivity contribution in [3.8, 4) is 0 Å². The third-order valence-corrected chi connectivity index (χ3v) is 3.58. The van der Waals surface area contributed by atoms with E-state index in [1.54, 1.807) is 0 Å². The zero-order valence-electron chi connectivity index (χ0n) is 12.2. The minimum absolute atomic E-state index is 0.621. The molecular formula is C14H32N2O. The lowest BCUT2D eigenvalue weighted by Crippen LogP contribution is -2.44. The molecule has 0 saturated heterocycles. The molecule has 0 aliphatic carbocycles. The molecule has 0 radical (unpaired) electrons. The summed E-state index contributed by atoms with van der Waals surface area (Å²) in [6.45, 7) is 12.3. The second-order valence-corrected chi connectivity index (χ2v) is 4.58. The molecule has 0 unspecified atom stereocenters. The maximum absolute atomic E-state index is 5.52. The second kappa shape index (κ2) is 11.0. The average molecular weight is 244 g/mol. The van der Waals surface area contributed by atoms with Gasteiger partial charge in [0.15, 0.2) is 0 Å². The predicted molar refractivity (Wildman–Crippen MR) is 75.3 cm³/mol. The van der Waals surface area contributed by atoms with Gasteiger partial charge in [-0.25, -0.2) is 0 Å². The van der Waals surface area contributed by atoms with Crippen LogP contribution in [-0.2, 0) is 4.74 Å². The molecule has 0 amide bonds. The SMILES string of the molecule is CCC(CC)N(CCOCCN)C(CC)CC. The fraction of sp³-hybridized carbons (Fsp3) is 1.00. The largest absolute Gasteiger partial charge is 0.379 e. The first-order valence-corrected chi connectivity index (χ1v) is 7.28. The van der Waals surface area contributed by atoms with Crippen LogP contribution in [0.25, 0.3) is 0 Å². The van der Waals surface area contributed by atoms with E-state index in [-0.39, 0.29) is 0 Å². The number of nitrogens with zero attached hydrogens (tertiary/aromatic N) is 1. The highest BCUT2D eigenvalue weighted by Gasteiger charge is 2.21. The normalized spacial score (nSPS) is 12.0. The molecule has 0 rings (SSSR count). The molecule has 0 fully saturated rings. The Hall–Kier alpha value is -0.120. The summed E-state index contributed by atoms with van der Waals surface area (Å²) in [5.74, 6) is 0. The van der Waals surface area contributed by atoms with E-state index in [2.05, 4.69) is 32.6 Å². The van der Waals surface area contributed by atoms with Gasteiger partial charge in [-0.3, -0.25) is 4.90 Å². The minimum atomic E-state index is 0.621. The molecule has 17 heavy (non-hydrogen) atoms. The number of nitrogens with two attached hydrogens (primary N) is 1. The smallest absolute Gasteiger partial charge is 0.0594 e. The van der Waals surface area contributed by atoms with Crippen molar-refractivity contribution < 1.29 is 4.74 Å². The Bertz CT molecular complexity index is 144. The first-order chi connectivity index (χ1) is 8.24. The second-order valence-electron chi connectivity index (χ2n) is 4.58. The van der Waals surface area contributed by atoms with E-state index in [9.17, 15) is 0 Å². The van der Waals surface area contributed by atoms with E-state index in [0.29, 0.717) is 25.2 Å². The summed E-state index contributed by atoms with van der Waals surface area (Å²) in [6.07, 6.45) is 4.90. The molecule has 0 bridgehead atoms. The van der Waals surface area contributed by atoms with E-state index in [0.717, 1.165) is 13.2 Å². The van der Waals surface area contributed by atoms with Crippen molar-refractivity contribution in [2.75, 3.05) is 26.3 Å². The standard InChI is InChI=1S/C14H32N2O/c1-5-13(6-2)16(14(7-3)8-4)10-12-17-11-9-15/h13-14H,5-12,15H2,1-4H3. The summed E-state index contributed by atoms with van der Waals surface area (Å²) >= 11 is 0. The highest BCUT2D eigenvalue weighted by atomic mass is 16.5. The molecule has 104 valence electrons. The highest BCUT2D eigenvalue weighted by Crippen LogP contribution is 2.17. The van der Waals surface area contributed by atoms with Crippen LogP contribution in [-0.4, -0.2) is 43.3 Å². The molecule has 0 aliphatic heterocycles. The van der Waals surface area contributed by atoms with E-state index in [1.165, 1.54) is 25.7 Å². The summed E-state index contributed by atoms with van der Waals surface area (Å²) in [4.78, 5) is 2.64. The molecule has 0 spiro atoms. The quantitative estimate of drug-likeness (QED) is 0.568. The van der Waals surface area contributed by atoms with Crippen LogP contribution in [0.1, 0.15) is 53.4 Å². The maximum Gasteiger partial charge on any atom is 0.0594 e. The fourth-order valence-corrected chi connectivity index (χ4v) is 2.53. The van der Waals surface area contributed by atoms with Crippen molar-refractivity contribution in [1.29, 1.82) is 0 Å². The number of ether oxygens (including phenoxy) is 1. The van der Waals surface area contributed by atoms with E-state index >= 15 is 0 Å². The Balaban J connectivity index is 4.27. The van der Waals surface area contributed by atoms with Gasteiger partial charge in [0.1, 0.15) is 0 Å². The molecule has 0 aromatic rings. The first-order valence-electron chi connectivity index (χ1n) is 7.28. The van der Waals surface area contributed by atoms with Crippen LogP contribution in [0.3, 0.4) is 0 Å². The molecule has 2 N–H and O–H groups in total. The molecule has 3 nitrogen and oxygen atoms in total. The summed E-state index contributed by atoms with van der Waals surface area (Å²) in [5.41, 5.74) is 5.43. The Morgan fingerprint density at radius 2 is 1.35 bits per heavy atom. The number of hydrogen-bond donors (Lipinski definition) is 1. The number of hydrogen-bond acceptors (Lipinski definition) is 3. The third-order valence-electron chi connectivity index (χ3n) is 3.58. The van der Waals surface area contributed by atoms with Gasteiger partial charge in [-0.15, -0.1) is 0 Å². The molecular weight excluding hydrogens is 212 g/mol. The Morgan fingerprint density at radius 3 is 1.71 bits per heavy atom. The highest BCUT2D eigenvalue weighted by molar-refractivity contribution is 4.76. The van der Waals surface area contributed by atoms with Crippen LogP contribution in [0.15, 0.2) is 0 Å². The maximum atomic E-state index is 5.52. The number of rotatable bonds is 11. The van der Waals surface area contributed by atoms with E-state index in [1.807, 2.05) is 0 Å². The lowest BCUT2D eigenvalue weighted by atomic mass is 10.0. The predicted octanol–water partition coefficient (Wildman–Crippen LogP) is 2.64. The van der Waals surface area contributed by atoms with Crippen molar-refractivity contribution >= 4 is 0 Å². The molecule has 0 saturated carbocycles. The van der Waals surface area contributed by atoms with Crippen LogP contribution in [0, 0.1) is 0 Å². The summed E-state index contributed by atoms with van der Waals surface area (Å²) in [6, 6.07) is 1.39. The van der Waals surface area contributed by atoms with Crippen LogP contribution < -0.4 is 5.73 Å². The average Bonchev–Trinajstić information content (AvgIpc) is 2.36. The molecule has 0 aromatic heterocycles. The van der Waals surface area contributed by atoms with Crippen molar-refractivity contribution in [3.63, 3.8) is 0 Å². The summed E-state index contributed by atoms with van der Waals surface area (Å²) in [7, 11) is 0. The molecule has 0 aliphatic rings. The monoisotopic (exact) mass is 244 g/mol. The molecule has 0 heterocycles. The van der Waals surface area contributed by atoms with Crippen molar-refractivity contribution in [3.05, 3.63) is 0 Å². The van der Waals surface area contributed by atoms with Gasteiger partial charge >= 0.3 is 0 Å². The van der Waals surface area contributed by atoms with E-state index < -0.39 is 0 Å². The third kappa shape index (κ3) is 6.39. The fourth-order valence-electron chi connectivity index (χ4n) is 2.53. The Kier molecular flexibility index (Phi) is 10.9. The Morgan fingerprint density at radius 1 is 0.882 bits per heavy atom. The van der Waals surface area contributed by atoms with Gasteiger partial charge in [-0.2, -0.15) is 0 Å². The first kappa shape index (κ1) is 16.9. The van der Waals surface area contributed by atoms with Crippen LogP contribution in [0.5, 0.6) is 0 Å². The van der Waals surface area contributed by atoms with Gasteiger partial charge in [0.05, 0.1) is 13.2 Å². The topological polar surface area (TPSA) is 38.5 Å². The minimum Gasteiger partial charge on any atom is -0.379 e. The van der Waals surface area contributed by atoms with Crippen LogP contribution in [0.2, 0.25) is 0 Å². The zero-order valence-corrected chi connectivity index (χ0v) is 12.2. The Labute approximate surface area is 108 Å². The van der Waals surface area contributed by atoms with Gasteiger partial charge in [0, 0.05) is 25.2 Å². The zero-order chi connectivity index (χ0) is 13.1. The van der Waals surface area contributed by atoms with Crippen molar-refractivity contribution in [1.82, 2.24) is 4.90 Å². The molecule has 0 atom stereocenters. The van der Waals surface area contributed by atoms with Gasteiger partial charge in [-0.05, 0) is 25.7 Å². The summed E-state index contributed by atoms with van der Waals surface area (Å²) < 4.78 is 5.52. The summed E-state index contributed by atoms with van der Waals surface area (Å²) in [5, 5.41) is 0. The lowest BCUT2D eigenvalue weighted by Gasteiger charge is -2.36. The van der Waals surface area contributed by atoms with Crippen molar-refractivity contribution in [2.24, 2.45) is 5.73 Å². The van der Waals surface area contributed by atoms with Gasteiger partial charge < -0.3 is 10.5 Å². The molecule has 3 heteroatoms. The molecule has 0 aromatic carbocycles. The van der Waals surface area contributed by atoms with E-state index in [4.69, 9.17) is 10.5 Å². The van der Waals surface area contributed by atoms with Crippen molar-refractivity contribution in [2.45, 2.75) is 65.5 Å². The lowest BCUT2D eigenvalue weighted by molar-refractivity contribution is 0.0590.